The number of carbonyl (C=O) groups excluding carboxylic acids is 1. The minimum Gasteiger partial charge on any atom is -0.467 e. The van der Waals surface area contributed by atoms with Crippen LogP contribution in [0.2, 0.25) is 0 Å². The highest BCUT2D eigenvalue weighted by molar-refractivity contribution is 5.82. The molecule has 0 fully saturated rings. The number of carbonyl (C=O) groups is 1. The monoisotopic (exact) mass is 401 g/mol. The van der Waals surface area contributed by atoms with Crippen LogP contribution in [0.25, 0.3) is 10.9 Å². The molecular weight excluding hydrogens is 378 g/mol. The van der Waals surface area contributed by atoms with Crippen LogP contribution in [0.4, 0.5) is 4.79 Å². The van der Waals surface area contributed by atoms with Crippen LogP contribution in [0, 0.1) is 6.92 Å². The molecule has 4 rings (SSSR count). The van der Waals surface area contributed by atoms with Gasteiger partial charge < -0.3 is 19.6 Å². The van der Waals surface area contributed by atoms with Crippen molar-refractivity contribution in [2.45, 2.75) is 26.6 Å². The van der Waals surface area contributed by atoms with Crippen LogP contribution in [-0.2, 0) is 19.6 Å². The van der Waals surface area contributed by atoms with Crippen molar-refractivity contribution in [3.8, 4) is 0 Å². The first-order chi connectivity index (χ1) is 14.6. The summed E-state index contributed by atoms with van der Waals surface area (Å²) in [4.78, 5) is 30.2. The number of aromatic amines is 1. The molecule has 0 unspecified atom stereocenters. The first-order valence-corrected chi connectivity index (χ1v) is 9.81. The van der Waals surface area contributed by atoms with E-state index in [0.717, 1.165) is 22.0 Å². The summed E-state index contributed by atoms with van der Waals surface area (Å²) in [6.45, 7) is 2.79. The Balaban J connectivity index is 1.58. The van der Waals surface area contributed by atoms with Crippen LogP contribution in [0.1, 0.15) is 22.5 Å². The van der Waals surface area contributed by atoms with Crippen LogP contribution in [0.3, 0.4) is 0 Å². The van der Waals surface area contributed by atoms with Gasteiger partial charge in [-0.1, -0.05) is 48.5 Å². The van der Waals surface area contributed by atoms with Crippen molar-refractivity contribution >= 4 is 16.9 Å². The fraction of sp³-hybridized carbons (Fsp3) is 0.167. The molecule has 0 aliphatic carbocycles. The van der Waals surface area contributed by atoms with E-state index in [1.54, 1.807) is 17.2 Å². The van der Waals surface area contributed by atoms with Gasteiger partial charge in [-0.3, -0.25) is 4.79 Å². The highest BCUT2D eigenvalue weighted by Gasteiger charge is 2.18. The Bertz CT molecular complexity index is 1200. The third kappa shape index (κ3) is 4.43. The van der Waals surface area contributed by atoms with E-state index in [2.05, 4.69) is 10.3 Å². The van der Waals surface area contributed by atoms with Crippen LogP contribution in [0.5, 0.6) is 0 Å². The topological polar surface area (TPSA) is 78.3 Å². The Morgan fingerprint density at radius 1 is 1.03 bits per heavy atom. The summed E-state index contributed by atoms with van der Waals surface area (Å²) >= 11 is 0. The van der Waals surface area contributed by atoms with Crippen LogP contribution in [-0.4, -0.2) is 15.9 Å². The van der Waals surface area contributed by atoms with Gasteiger partial charge in [0.2, 0.25) is 0 Å². The molecular formula is C24H23N3O3. The Kier molecular flexibility index (Phi) is 5.66. The number of rotatable bonds is 6. The predicted molar refractivity (Wildman–Crippen MR) is 116 cm³/mol. The van der Waals surface area contributed by atoms with Gasteiger partial charge >= 0.3 is 6.03 Å². The molecule has 0 atom stereocenters. The fourth-order valence-corrected chi connectivity index (χ4v) is 3.43. The number of hydrogen-bond donors (Lipinski definition) is 2. The Morgan fingerprint density at radius 3 is 2.63 bits per heavy atom. The lowest BCUT2D eigenvalue weighted by Gasteiger charge is -2.22. The average molecular weight is 401 g/mol. The van der Waals surface area contributed by atoms with Gasteiger partial charge in [0.15, 0.2) is 0 Å². The third-order valence-electron chi connectivity index (χ3n) is 5.03. The number of benzene rings is 2. The predicted octanol–water partition coefficient (Wildman–Crippen LogP) is 4.34. The normalized spacial score (nSPS) is 10.8. The molecule has 6 heteroatoms. The number of pyridine rings is 1. The number of hydrogen-bond acceptors (Lipinski definition) is 3. The zero-order valence-corrected chi connectivity index (χ0v) is 16.7. The van der Waals surface area contributed by atoms with Gasteiger partial charge in [-0.05, 0) is 41.6 Å². The van der Waals surface area contributed by atoms with Crippen molar-refractivity contribution in [2.24, 2.45) is 0 Å². The second-order valence-electron chi connectivity index (χ2n) is 7.24. The van der Waals surface area contributed by atoms with E-state index in [-0.39, 0.29) is 24.7 Å². The van der Waals surface area contributed by atoms with Gasteiger partial charge in [-0.2, -0.15) is 0 Å². The summed E-state index contributed by atoms with van der Waals surface area (Å²) in [5, 5.41) is 3.87. The molecule has 0 bridgehead atoms. The van der Waals surface area contributed by atoms with Gasteiger partial charge in [0.25, 0.3) is 5.56 Å². The summed E-state index contributed by atoms with van der Waals surface area (Å²) in [6.07, 6.45) is 1.57. The molecule has 0 aliphatic rings. The standard InChI is InChI=1S/C24H23N3O3/c1-17-7-5-10-19-13-20(23(28)26-22(17)19)15-27(16-21-11-6-12-30-21)24(29)25-14-18-8-3-2-4-9-18/h2-13H,14-16H2,1H3,(H,25,29)(H,26,28). The molecule has 0 saturated carbocycles. The number of aryl methyl sites for hydroxylation is 1. The molecule has 0 radical (unpaired) electrons. The van der Waals surface area contributed by atoms with Crippen molar-refractivity contribution in [1.82, 2.24) is 15.2 Å². The van der Waals surface area contributed by atoms with E-state index >= 15 is 0 Å². The smallest absolute Gasteiger partial charge is 0.318 e. The van der Waals surface area contributed by atoms with E-state index < -0.39 is 0 Å². The molecule has 0 aliphatic heterocycles. The minimum absolute atomic E-state index is 0.167. The summed E-state index contributed by atoms with van der Waals surface area (Å²) in [5.74, 6) is 0.651. The van der Waals surface area contributed by atoms with E-state index in [1.807, 2.05) is 67.6 Å². The number of nitrogens with one attached hydrogen (secondary N) is 2. The maximum Gasteiger partial charge on any atom is 0.318 e. The maximum atomic E-state index is 12.9. The van der Waals surface area contributed by atoms with Gasteiger partial charge in [0.05, 0.1) is 24.9 Å². The fourth-order valence-electron chi connectivity index (χ4n) is 3.43. The van der Waals surface area contributed by atoms with Crippen LogP contribution < -0.4 is 10.9 Å². The molecule has 6 nitrogen and oxygen atoms in total. The van der Waals surface area contributed by atoms with Crippen molar-refractivity contribution in [2.75, 3.05) is 0 Å². The molecule has 0 saturated heterocycles. The molecule has 2 N–H and O–H groups in total. The Labute approximate surface area is 174 Å². The summed E-state index contributed by atoms with van der Waals surface area (Å²) in [5.41, 5.74) is 3.15. The SMILES string of the molecule is Cc1cccc2cc(CN(Cc3ccco3)C(=O)NCc3ccccc3)c(=O)[nH]c12. The molecule has 2 heterocycles. The van der Waals surface area contributed by atoms with E-state index in [1.165, 1.54) is 0 Å². The number of para-hydroxylation sites is 1. The molecule has 2 aromatic heterocycles. The lowest BCUT2D eigenvalue weighted by Crippen LogP contribution is -2.39. The van der Waals surface area contributed by atoms with Crippen molar-refractivity contribution < 1.29 is 9.21 Å². The van der Waals surface area contributed by atoms with Gasteiger partial charge in [-0.25, -0.2) is 4.79 Å². The maximum absolute atomic E-state index is 12.9. The molecule has 2 aromatic carbocycles. The van der Waals surface area contributed by atoms with Gasteiger partial charge in [0, 0.05) is 12.1 Å². The molecule has 152 valence electrons. The van der Waals surface area contributed by atoms with Crippen LogP contribution >= 0.6 is 0 Å². The number of amides is 2. The molecule has 30 heavy (non-hydrogen) atoms. The second kappa shape index (κ2) is 8.69. The number of urea groups is 1. The Morgan fingerprint density at radius 2 is 1.87 bits per heavy atom. The van der Waals surface area contributed by atoms with E-state index in [9.17, 15) is 9.59 Å². The largest absolute Gasteiger partial charge is 0.467 e. The number of nitrogens with zero attached hydrogens (tertiary/aromatic N) is 1. The van der Waals surface area contributed by atoms with E-state index in [4.69, 9.17) is 4.42 Å². The third-order valence-corrected chi connectivity index (χ3v) is 5.03. The zero-order valence-electron chi connectivity index (χ0n) is 16.7. The molecule has 0 spiro atoms. The summed E-state index contributed by atoms with van der Waals surface area (Å²) in [6, 6.07) is 20.7. The minimum atomic E-state index is -0.265. The first kappa shape index (κ1) is 19.5. The van der Waals surface area contributed by atoms with Crippen molar-refractivity contribution in [3.05, 3.63) is 106 Å². The average Bonchev–Trinajstić information content (AvgIpc) is 3.27. The number of H-pyrrole nitrogens is 1. The summed E-state index contributed by atoms with van der Waals surface area (Å²) < 4.78 is 5.42. The molecule has 2 amide bonds. The van der Waals surface area contributed by atoms with Crippen molar-refractivity contribution in [1.29, 1.82) is 0 Å². The lowest BCUT2D eigenvalue weighted by molar-refractivity contribution is 0.186. The Hall–Kier alpha value is -3.80. The van der Waals surface area contributed by atoms with Crippen LogP contribution in [0.15, 0.2) is 82.2 Å². The number of aromatic nitrogens is 1. The van der Waals surface area contributed by atoms with Gasteiger partial charge in [-0.15, -0.1) is 0 Å². The number of furan rings is 1. The highest BCUT2D eigenvalue weighted by Crippen LogP contribution is 2.17. The first-order valence-electron chi connectivity index (χ1n) is 9.81. The van der Waals surface area contributed by atoms with E-state index in [0.29, 0.717) is 17.9 Å². The quantitative estimate of drug-likeness (QED) is 0.504. The lowest BCUT2D eigenvalue weighted by atomic mass is 10.1. The molecule has 4 aromatic rings. The van der Waals surface area contributed by atoms with Gasteiger partial charge in [0.1, 0.15) is 5.76 Å². The van der Waals surface area contributed by atoms with Crippen molar-refractivity contribution in [3.63, 3.8) is 0 Å². The zero-order chi connectivity index (χ0) is 20.9. The second-order valence-corrected chi connectivity index (χ2v) is 7.24. The number of fused-ring (bicyclic) bond motifs is 1. The highest BCUT2D eigenvalue weighted by atomic mass is 16.3. The summed E-state index contributed by atoms with van der Waals surface area (Å²) in [7, 11) is 0.